The van der Waals surface area contributed by atoms with Gasteiger partial charge in [-0.25, -0.2) is 4.79 Å². The number of esters is 1. The molecular formula is C23H20N2O5. The number of aryl methyl sites for hydroxylation is 1. The lowest BCUT2D eigenvalue weighted by atomic mass is 10.0. The minimum atomic E-state index is -1.10. The topological polar surface area (TPSA) is 98.5 Å². The molecule has 7 heteroatoms. The predicted octanol–water partition coefficient (Wildman–Crippen LogP) is 4.75. The number of amides is 1. The molecule has 0 spiro atoms. The molecule has 0 aliphatic carbocycles. The molecule has 0 saturated heterocycles. The van der Waals surface area contributed by atoms with Crippen molar-refractivity contribution in [2.75, 3.05) is 5.32 Å². The molecular weight excluding hydrogens is 384 g/mol. The molecule has 0 aliphatic heterocycles. The van der Waals surface area contributed by atoms with E-state index in [1.54, 1.807) is 19.1 Å². The van der Waals surface area contributed by atoms with E-state index in [-0.39, 0.29) is 11.3 Å². The first-order valence-corrected chi connectivity index (χ1v) is 9.28. The van der Waals surface area contributed by atoms with Crippen molar-refractivity contribution in [1.29, 1.82) is 0 Å². The van der Waals surface area contributed by atoms with E-state index in [1.807, 2.05) is 42.5 Å². The molecule has 0 aliphatic rings. The van der Waals surface area contributed by atoms with Crippen LogP contribution in [0.15, 0.2) is 72.8 Å². The summed E-state index contributed by atoms with van der Waals surface area (Å²) in [5.41, 5.74) is 2.61. The molecule has 3 aromatic carbocycles. The number of rotatable bonds is 6. The van der Waals surface area contributed by atoms with E-state index < -0.39 is 22.9 Å². The molecule has 0 radical (unpaired) electrons. The van der Waals surface area contributed by atoms with E-state index in [1.165, 1.54) is 19.1 Å². The Bertz CT molecular complexity index is 1100. The standard InChI is InChI=1S/C23H20N2O5/c1-15-12-13-18(14-21(15)25(28)29)23(27)30-16(2)22(26)24-20-11-7-6-10-19(20)17-8-4-3-5-9-17/h3-14,16H,1-2H3,(H,24,26). The number of benzene rings is 3. The van der Waals surface area contributed by atoms with Gasteiger partial charge < -0.3 is 10.1 Å². The molecule has 0 aromatic heterocycles. The van der Waals surface area contributed by atoms with Gasteiger partial charge in [-0.05, 0) is 31.5 Å². The number of hydrogen-bond donors (Lipinski definition) is 1. The Kier molecular flexibility index (Phi) is 6.22. The Morgan fingerprint density at radius 3 is 2.37 bits per heavy atom. The first kappa shape index (κ1) is 20.7. The number of nitrogens with one attached hydrogen (secondary N) is 1. The maximum Gasteiger partial charge on any atom is 0.339 e. The van der Waals surface area contributed by atoms with Gasteiger partial charge in [0.2, 0.25) is 0 Å². The van der Waals surface area contributed by atoms with Crippen LogP contribution in [0.25, 0.3) is 11.1 Å². The van der Waals surface area contributed by atoms with Crippen LogP contribution in [-0.4, -0.2) is 22.9 Å². The number of ether oxygens (including phenoxy) is 1. The number of anilines is 1. The molecule has 7 nitrogen and oxygen atoms in total. The maximum atomic E-state index is 12.6. The minimum Gasteiger partial charge on any atom is -0.449 e. The van der Waals surface area contributed by atoms with Gasteiger partial charge in [0, 0.05) is 22.9 Å². The first-order chi connectivity index (χ1) is 14.4. The van der Waals surface area contributed by atoms with E-state index in [2.05, 4.69) is 5.32 Å². The fourth-order valence-corrected chi connectivity index (χ4v) is 2.91. The van der Waals surface area contributed by atoms with Gasteiger partial charge in [-0.1, -0.05) is 54.6 Å². The first-order valence-electron chi connectivity index (χ1n) is 9.28. The van der Waals surface area contributed by atoms with E-state index in [4.69, 9.17) is 4.74 Å². The Morgan fingerprint density at radius 2 is 1.67 bits per heavy atom. The Labute approximate surface area is 173 Å². The van der Waals surface area contributed by atoms with Crippen molar-refractivity contribution in [1.82, 2.24) is 0 Å². The molecule has 0 heterocycles. The van der Waals surface area contributed by atoms with Crippen molar-refractivity contribution >= 4 is 23.3 Å². The highest BCUT2D eigenvalue weighted by atomic mass is 16.6. The molecule has 1 N–H and O–H groups in total. The van der Waals surface area contributed by atoms with Gasteiger partial charge in [-0.2, -0.15) is 0 Å². The lowest BCUT2D eigenvalue weighted by Gasteiger charge is -2.16. The van der Waals surface area contributed by atoms with Crippen molar-refractivity contribution in [2.24, 2.45) is 0 Å². The van der Waals surface area contributed by atoms with Crippen LogP contribution in [0.2, 0.25) is 0 Å². The average Bonchev–Trinajstić information content (AvgIpc) is 2.74. The smallest absolute Gasteiger partial charge is 0.339 e. The summed E-state index contributed by atoms with van der Waals surface area (Å²) in [5, 5.41) is 13.8. The van der Waals surface area contributed by atoms with Crippen LogP contribution in [-0.2, 0) is 9.53 Å². The van der Waals surface area contributed by atoms with Gasteiger partial charge in [0.25, 0.3) is 11.6 Å². The molecule has 0 fully saturated rings. The number of nitro groups is 1. The SMILES string of the molecule is Cc1ccc(C(=O)OC(C)C(=O)Nc2ccccc2-c2ccccc2)cc1[N+](=O)[O-]. The molecule has 152 valence electrons. The zero-order chi connectivity index (χ0) is 21.7. The number of hydrogen-bond acceptors (Lipinski definition) is 5. The van der Waals surface area contributed by atoms with Gasteiger partial charge in [0.15, 0.2) is 6.10 Å². The van der Waals surface area contributed by atoms with Crippen molar-refractivity contribution in [2.45, 2.75) is 20.0 Å². The lowest BCUT2D eigenvalue weighted by Crippen LogP contribution is -2.30. The third kappa shape index (κ3) is 4.70. The van der Waals surface area contributed by atoms with Crippen LogP contribution in [0.3, 0.4) is 0 Å². The Hall–Kier alpha value is -4.00. The summed E-state index contributed by atoms with van der Waals surface area (Å²) < 4.78 is 5.22. The van der Waals surface area contributed by atoms with E-state index in [0.717, 1.165) is 17.2 Å². The van der Waals surface area contributed by atoms with Crippen LogP contribution >= 0.6 is 0 Å². The van der Waals surface area contributed by atoms with Gasteiger partial charge in [-0.15, -0.1) is 0 Å². The van der Waals surface area contributed by atoms with E-state index >= 15 is 0 Å². The van der Waals surface area contributed by atoms with Crippen molar-refractivity contribution in [3.05, 3.63) is 94.0 Å². The zero-order valence-corrected chi connectivity index (χ0v) is 16.5. The molecule has 1 amide bonds. The Balaban J connectivity index is 1.73. The third-order valence-corrected chi connectivity index (χ3v) is 4.56. The summed E-state index contributed by atoms with van der Waals surface area (Å²) in [6, 6.07) is 20.9. The molecule has 3 aromatic rings. The summed E-state index contributed by atoms with van der Waals surface area (Å²) in [7, 11) is 0. The monoisotopic (exact) mass is 404 g/mol. The predicted molar refractivity (Wildman–Crippen MR) is 113 cm³/mol. The molecule has 1 atom stereocenters. The van der Waals surface area contributed by atoms with Crippen LogP contribution < -0.4 is 5.32 Å². The largest absolute Gasteiger partial charge is 0.449 e. The highest BCUT2D eigenvalue weighted by Gasteiger charge is 2.22. The number of nitro benzene ring substituents is 1. The lowest BCUT2D eigenvalue weighted by molar-refractivity contribution is -0.385. The second-order valence-corrected chi connectivity index (χ2v) is 6.71. The van der Waals surface area contributed by atoms with E-state index in [9.17, 15) is 19.7 Å². The summed E-state index contributed by atoms with van der Waals surface area (Å²) in [4.78, 5) is 35.5. The zero-order valence-electron chi connectivity index (χ0n) is 16.5. The van der Waals surface area contributed by atoms with Crippen molar-refractivity contribution in [3.8, 4) is 11.1 Å². The summed E-state index contributed by atoms with van der Waals surface area (Å²) in [5.74, 6) is -1.31. The van der Waals surface area contributed by atoms with Gasteiger partial charge in [0.05, 0.1) is 10.5 Å². The Morgan fingerprint density at radius 1 is 1.00 bits per heavy atom. The van der Waals surface area contributed by atoms with Crippen molar-refractivity contribution < 1.29 is 19.2 Å². The van der Waals surface area contributed by atoms with Crippen LogP contribution in [0.4, 0.5) is 11.4 Å². The fraction of sp³-hybridized carbons (Fsp3) is 0.130. The van der Waals surface area contributed by atoms with Crippen molar-refractivity contribution in [3.63, 3.8) is 0 Å². The molecule has 0 bridgehead atoms. The summed E-state index contributed by atoms with van der Waals surface area (Å²) >= 11 is 0. The maximum absolute atomic E-state index is 12.6. The van der Waals surface area contributed by atoms with Crippen LogP contribution in [0.5, 0.6) is 0 Å². The minimum absolute atomic E-state index is 0.0108. The molecule has 1 unspecified atom stereocenters. The van der Waals surface area contributed by atoms with E-state index in [0.29, 0.717) is 11.3 Å². The summed E-state index contributed by atoms with van der Waals surface area (Å²) in [6.07, 6.45) is -1.10. The van der Waals surface area contributed by atoms with Gasteiger partial charge >= 0.3 is 5.97 Å². The number of carbonyl (C=O) groups is 2. The number of carbonyl (C=O) groups excluding carboxylic acids is 2. The molecule has 3 rings (SSSR count). The molecule has 30 heavy (non-hydrogen) atoms. The third-order valence-electron chi connectivity index (χ3n) is 4.56. The van der Waals surface area contributed by atoms with Crippen LogP contribution in [0, 0.1) is 17.0 Å². The normalized spacial score (nSPS) is 11.4. The second-order valence-electron chi connectivity index (χ2n) is 6.71. The highest BCUT2D eigenvalue weighted by Crippen LogP contribution is 2.28. The second kappa shape index (κ2) is 9.00. The number of para-hydroxylation sites is 1. The fourth-order valence-electron chi connectivity index (χ4n) is 2.91. The quantitative estimate of drug-likeness (QED) is 0.363. The van der Waals surface area contributed by atoms with Crippen LogP contribution in [0.1, 0.15) is 22.8 Å². The van der Waals surface area contributed by atoms with Gasteiger partial charge in [0.1, 0.15) is 0 Å². The van der Waals surface area contributed by atoms with Gasteiger partial charge in [-0.3, -0.25) is 14.9 Å². The highest BCUT2D eigenvalue weighted by molar-refractivity contribution is 6.00. The summed E-state index contributed by atoms with van der Waals surface area (Å²) in [6.45, 7) is 3.02. The average molecular weight is 404 g/mol. The molecule has 0 saturated carbocycles. The number of nitrogens with zero attached hydrogens (tertiary/aromatic N) is 1.